The van der Waals surface area contributed by atoms with Gasteiger partial charge in [0.05, 0.1) is 10.4 Å². The van der Waals surface area contributed by atoms with Gasteiger partial charge in [0.2, 0.25) is 0 Å². The maximum atomic E-state index is 11.8. The van der Waals surface area contributed by atoms with Crippen molar-refractivity contribution in [3.63, 3.8) is 0 Å². The number of nitrogens with one attached hydrogen (secondary N) is 2. The van der Waals surface area contributed by atoms with Crippen LogP contribution >= 0.6 is 22.9 Å². The van der Waals surface area contributed by atoms with Crippen LogP contribution in [0.3, 0.4) is 0 Å². The summed E-state index contributed by atoms with van der Waals surface area (Å²) >= 11 is 7.52. The van der Waals surface area contributed by atoms with Gasteiger partial charge in [-0.1, -0.05) is 17.7 Å². The molecule has 1 amide bonds. The van der Waals surface area contributed by atoms with Crippen molar-refractivity contribution in [2.75, 3.05) is 12.4 Å². The van der Waals surface area contributed by atoms with Crippen molar-refractivity contribution in [3.8, 4) is 0 Å². The van der Waals surface area contributed by atoms with Crippen LogP contribution in [0.25, 0.3) is 0 Å². The number of hydrogen-bond donors (Lipinski definition) is 2. The Labute approximate surface area is 128 Å². The average Bonchev–Trinajstić information content (AvgIpc) is 2.87. The third-order valence-corrected chi connectivity index (χ3v) is 4.61. The molecule has 2 N–H and O–H groups in total. The molecule has 1 atom stereocenters. The van der Waals surface area contributed by atoms with Crippen molar-refractivity contribution in [2.24, 2.45) is 0 Å². The summed E-state index contributed by atoms with van der Waals surface area (Å²) in [6.07, 6.45) is 0. The number of halogens is 1. The fourth-order valence-corrected chi connectivity index (χ4v) is 3.10. The fraction of sp³-hybridized carbons (Fsp3) is 0.267. The molecule has 0 radical (unpaired) electrons. The molecular formula is C15H17ClN2OS. The molecule has 1 aromatic carbocycles. The first-order valence-corrected chi connectivity index (χ1v) is 7.56. The number of benzene rings is 1. The highest BCUT2D eigenvalue weighted by molar-refractivity contribution is 7.16. The first kappa shape index (κ1) is 14.9. The summed E-state index contributed by atoms with van der Waals surface area (Å²) in [5.41, 5.74) is 2.60. The molecular weight excluding hydrogens is 292 g/mol. The highest BCUT2D eigenvalue weighted by atomic mass is 35.5. The Morgan fingerprint density at radius 1 is 1.30 bits per heavy atom. The number of carbonyl (C=O) groups excluding carboxylic acids is 1. The number of thiophene rings is 1. The minimum absolute atomic E-state index is 0.0713. The van der Waals surface area contributed by atoms with E-state index < -0.39 is 0 Å². The molecule has 2 aromatic rings. The van der Waals surface area contributed by atoms with E-state index in [1.54, 1.807) is 18.4 Å². The van der Waals surface area contributed by atoms with E-state index in [1.165, 1.54) is 4.88 Å². The van der Waals surface area contributed by atoms with Crippen molar-refractivity contribution in [1.29, 1.82) is 0 Å². The molecule has 0 fully saturated rings. The van der Waals surface area contributed by atoms with Gasteiger partial charge in [0.1, 0.15) is 0 Å². The maximum Gasteiger partial charge on any atom is 0.251 e. The van der Waals surface area contributed by atoms with E-state index in [4.69, 9.17) is 11.6 Å². The van der Waals surface area contributed by atoms with Crippen molar-refractivity contribution < 1.29 is 4.79 Å². The van der Waals surface area contributed by atoms with Gasteiger partial charge in [-0.05, 0) is 43.7 Å². The van der Waals surface area contributed by atoms with Crippen LogP contribution in [0.4, 0.5) is 5.69 Å². The zero-order valence-corrected chi connectivity index (χ0v) is 13.2. The Balaban J connectivity index is 2.23. The minimum atomic E-state index is -0.0713. The minimum Gasteiger partial charge on any atom is -0.377 e. The lowest BCUT2D eigenvalue weighted by atomic mass is 10.1. The molecule has 0 saturated heterocycles. The van der Waals surface area contributed by atoms with E-state index in [9.17, 15) is 4.79 Å². The number of hydrogen-bond acceptors (Lipinski definition) is 3. The van der Waals surface area contributed by atoms with Gasteiger partial charge in [-0.2, -0.15) is 0 Å². The zero-order chi connectivity index (χ0) is 14.7. The monoisotopic (exact) mass is 308 g/mol. The third kappa shape index (κ3) is 3.14. The molecule has 1 aromatic heterocycles. The largest absolute Gasteiger partial charge is 0.377 e. The van der Waals surface area contributed by atoms with Crippen LogP contribution in [0.15, 0.2) is 30.3 Å². The summed E-state index contributed by atoms with van der Waals surface area (Å²) in [5.74, 6) is -0.0713. The molecule has 0 saturated carbocycles. The standard InChI is InChI=1S/C15H17ClN2OS/c1-9-11(15(19)17-3)5-4-6-12(9)18-10(2)13-7-8-14(16)20-13/h4-8,10,18H,1-3H3,(H,17,19). The van der Waals surface area contributed by atoms with Crippen LogP contribution in [0.2, 0.25) is 4.34 Å². The normalized spacial score (nSPS) is 12.0. The fourth-order valence-electron chi connectivity index (χ4n) is 2.04. The Bertz CT molecular complexity index is 624. The molecule has 5 heteroatoms. The van der Waals surface area contributed by atoms with Crippen LogP contribution in [-0.4, -0.2) is 13.0 Å². The second kappa shape index (κ2) is 6.29. The topological polar surface area (TPSA) is 41.1 Å². The van der Waals surface area contributed by atoms with E-state index in [2.05, 4.69) is 17.6 Å². The van der Waals surface area contributed by atoms with Crippen molar-refractivity contribution in [1.82, 2.24) is 5.32 Å². The van der Waals surface area contributed by atoms with Gasteiger partial charge in [-0.25, -0.2) is 0 Å². The van der Waals surface area contributed by atoms with E-state index in [0.29, 0.717) is 5.56 Å². The van der Waals surface area contributed by atoms with E-state index >= 15 is 0 Å². The Hall–Kier alpha value is -1.52. The van der Waals surface area contributed by atoms with Gasteiger partial charge in [0.15, 0.2) is 0 Å². The SMILES string of the molecule is CNC(=O)c1cccc(NC(C)c2ccc(Cl)s2)c1C. The smallest absolute Gasteiger partial charge is 0.251 e. The van der Waals surface area contributed by atoms with Crippen molar-refractivity contribution in [3.05, 3.63) is 50.7 Å². The molecule has 2 rings (SSSR count). The Kier molecular flexibility index (Phi) is 4.68. The van der Waals surface area contributed by atoms with E-state index in [1.807, 2.05) is 37.3 Å². The molecule has 0 spiro atoms. The number of amides is 1. The zero-order valence-electron chi connectivity index (χ0n) is 11.7. The summed E-state index contributed by atoms with van der Waals surface area (Å²) in [7, 11) is 1.64. The molecule has 0 aliphatic rings. The molecule has 0 aliphatic carbocycles. The number of carbonyl (C=O) groups is 1. The predicted molar refractivity (Wildman–Crippen MR) is 85.9 cm³/mol. The quantitative estimate of drug-likeness (QED) is 0.887. The summed E-state index contributed by atoms with van der Waals surface area (Å²) < 4.78 is 0.782. The molecule has 1 unspecified atom stereocenters. The summed E-state index contributed by atoms with van der Waals surface area (Å²) in [6.45, 7) is 4.02. The summed E-state index contributed by atoms with van der Waals surface area (Å²) in [5, 5.41) is 6.09. The first-order chi connectivity index (χ1) is 9.52. The van der Waals surface area contributed by atoms with Crippen molar-refractivity contribution in [2.45, 2.75) is 19.9 Å². The average molecular weight is 309 g/mol. The number of rotatable bonds is 4. The lowest BCUT2D eigenvalue weighted by Crippen LogP contribution is -2.19. The van der Waals surface area contributed by atoms with E-state index in [-0.39, 0.29) is 11.9 Å². The highest BCUT2D eigenvalue weighted by Crippen LogP contribution is 2.30. The second-order valence-electron chi connectivity index (χ2n) is 4.57. The van der Waals surface area contributed by atoms with Crippen LogP contribution in [0.1, 0.15) is 33.8 Å². The first-order valence-electron chi connectivity index (χ1n) is 6.36. The van der Waals surface area contributed by atoms with E-state index in [0.717, 1.165) is 15.6 Å². The van der Waals surface area contributed by atoms with Gasteiger partial charge in [-0.3, -0.25) is 4.79 Å². The lowest BCUT2D eigenvalue weighted by Gasteiger charge is -2.17. The number of anilines is 1. The van der Waals surface area contributed by atoms with Gasteiger partial charge >= 0.3 is 0 Å². The van der Waals surface area contributed by atoms with Crippen LogP contribution in [0.5, 0.6) is 0 Å². The van der Waals surface area contributed by atoms with Gasteiger partial charge < -0.3 is 10.6 Å². The van der Waals surface area contributed by atoms with Crippen LogP contribution < -0.4 is 10.6 Å². The molecule has 20 heavy (non-hydrogen) atoms. The lowest BCUT2D eigenvalue weighted by molar-refractivity contribution is 0.0962. The van der Waals surface area contributed by atoms with Gasteiger partial charge in [-0.15, -0.1) is 11.3 Å². The Morgan fingerprint density at radius 2 is 2.05 bits per heavy atom. The molecule has 106 valence electrons. The third-order valence-electron chi connectivity index (χ3n) is 3.20. The summed E-state index contributed by atoms with van der Waals surface area (Å²) in [6, 6.07) is 9.75. The van der Waals surface area contributed by atoms with Gasteiger partial charge in [0.25, 0.3) is 5.91 Å². The maximum absolute atomic E-state index is 11.8. The summed E-state index contributed by atoms with van der Waals surface area (Å²) in [4.78, 5) is 13.0. The predicted octanol–water partition coefficient (Wildman–Crippen LogP) is 4.24. The van der Waals surface area contributed by atoms with Crippen molar-refractivity contribution >= 4 is 34.5 Å². The molecule has 0 bridgehead atoms. The molecule has 1 heterocycles. The molecule has 0 aliphatic heterocycles. The second-order valence-corrected chi connectivity index (χ2v) is 6.31. The highest BCUT2D eigenvalue weighted by Gasteiger charge is 2.13. The van der Waals surface area contributed by atoms with Crippen LogP contribution in [0, 0.1) is 6.92 Å². The van der Waals surface area contributed by atoms with Crippen LogP contribution in [-0.2, 0) is 0 Å². The Morgan fingerprint density at radius 3 is 2.65 bits per heavy atom. The molecule has 3 nitrogen and oxygen atoms in total. The van der Waals surface area contributed by atoms with Gasteiger partial charge in [0, 0.05) is 23.2 Å².